The van der Waals surface area contributed by atoms with Gasteiger partial charge < -0.3 is 20.7 Å². The molecule has 0 aliphatic carbocycles. The van der Waals surface area contributed by atoms with E-state index in [1.807, 2.05) is 13.8 Å². The van der Waals surface area contributed by atoms with Gasteiger partial charge in [0, 0.05) is 32.7 Å². The average molecular weight is 245 g/mol. The van der Waals surface area contributed by atoms with Crippen molar-refractivity contribution >= 4 is 11.8 Å². The molecule has 0 aromatic rings. The SMILES string of the molecule is COCCNCC(=O)NCCNC(=O)C(C)C. The van der Waals surface area contributed by atoms with Crippen LogP contribution in [0.2, 0.25) is 0 Å². The molecule has 0 aromatic heterocycles. The molecule has 3 N–H and O–H groups in total. The van der Waals surface area contributed by atoms with E-state index in [0.717, 1.165) is 0 Å². The lowest BCUT2D eigenvalue weighted by molar-refractivity contribution is -0.124. The van der Waals surface area contributed by atoms with Crippen LogP contribution in [0, 0.1) is 5.92 Å². The van der Waals surface area contributed by atoms with Gasteiger partial charge in [-0.3, -0.25) is 9.59 Å². The maximum absolute atomic E-state index is 11.3. The number of carbonyl (C=O) groups excluding carboxylic acids is 2. The second-order valence-electron chi connectivity index (χ2n) is 3.97. The summed E-state index contributed by atoms with van der Waals surface area (Å²) < 4.78 is 4.83. The molecule has 6 nitrogen and oxygen atoms in total. The smallest absolute Gasteiger partial charge is 0.234 e. The van der Waals surface area contributed by atoms with Gasteiger partial charge >= 0.3 is 0 Å². The summed E-state index contributed by atoms with van der Waals surface area (Å²) in [5.41, 5.74) is 0. The van der Waals surface area contributed by atoms with E-state index in [1.165, 1.54) is 0 Å². The first-order chi connectivity index (χ1) is 8.07. The van der Waals surface area contributed by atoms with E-state index in [-0.39, 0.29) is 24.3 Å². The highest BCUT2D eigenvalue weighted by Crippen LogP contribution is 1.88. The number of nitrogens with one attached hydrogen (secondary N) is 3. The summed E-state index contributed by atoms with van der Waals surface area (Å²) in [7, 11) is 1.61. The zero-order valence-corrected chi connectivity index (χ0v) is 10.8. The van der Waals surface area contributed by atoms with Gasteiger partial charge in [0.2, 0.25) is 11.8 Å². The standard InChI is InChI=1S/C11H23N3O3/c1-9(2)11(16)14-5-4-13-10(15)8-12-6-7-17-3/h9,12H,4-8H2,1-3H3,(H,13,15)(H,14,16). The first-order valence-corrected chi connectivity index (χ1v) is 5.82. The normalized spacial score (nSPS) is 10.4. The van der Waals surface area contributed by atoms with Gasteiger partial charge in [-0.1, -0.05) is 13.8 Å². The van der Waals surface area contributed by atoms with Crippen molar-refractivity contribution in [2.45, 2.75) is 13.8 Å². The van der Waals surface area contributed by atoms with Crippen LogP contribution in [0.1, 0.15) is 13.8 Å². The van der Waals surface area contributed by atoms with Crippen LogP contribution in [0.25, 0.3) is 0 Å². The molecule has 0 radical (unpaired) electrons. The molecule has 0 saturated heterocycles. The highest BCUT2D eigenvalue weighted by Gasteiger charge is 2.05. The number of rotatable bonds is 9. The number of ether oxygens (including phenoxy) is 1. The van der Waals surface area contributed by atoms with Crippen LogP contribution in [0.5, 0.6) is 0 Å². The maximum Gasteiger partial charge on any atom is 0.234 e. The lowest BCUT2D eigenvalue weighted by Gasteiger charge is -2.09. The lowest BCUT2D eigenvalue weighted by Crippen LogP contribution is -2.40. The van der Waals surface area contributed by atoms with E-state index in [9.17, 15) is 9.59 Å². The second-order valence-corrected chi connectivity index (χ2v) is 3.97. The summed E-state index contributed by atoms with van der Waals surface area (Å²) in [5.74, 6) is -0.112. The van der Waals surface area contributed by atoms with Crippen LogP contribution < -0.4 is 16.0 Å². The van der Waals surface area contributed by atoms with Gasteiger partial charge in [-0.15, -0.1) is 0 Å². The quantitative estimate of drug-likeness (QED) is 0.460. The molecule has 0 bridgehead atoms. The van der Waals surface area contributed by atoms with Crippen molar-refractivity contribution in [3.05, 3.63) is 0 Å². The number of hydrogen-bond acceptors (Lipinski definition) is 4. The van der Waals surface area contributed by atoms with Crippen LogP contribution in [0.3, 0.4) is 0 Å². The second kappa shape index (κ2) is 10.0. The zero-order chi connectivity index (χ0) is 13.1. The molecule has 0 atom stereocenters. The molecule has 0 spiro atoms. The van der Waals surface area contributed by atoms with Crippen LogP contribution >= 0.6 is 0 Å². The van der Waals surface area contributed by atoms with E-state index in [4.69, 9.17) is 4.74 Å². The van der Waals surface area contributed by atoms with E-state index in [0.29, 0.717) is 26.2 Å². The molecule has 0 saturated carbocycles. The molecule has 17 heavy (non-hydrogen) atoms. The monoisotopic (exact) mass is 245 g/mol. The molecular weight excluding hydrogens is 222 g/mol. The first kappa shape index (κ1) is 15.9. The molecule has 6 heteroatoms. The van der Waals surface area contributed by atoms with Crippen molar-refractivity contribution in [1.82, 2.24) is 16.0 Å². The van der Waals surface area contributed by atoms with Crippen molar-refractivity contribution < 1.29 is 14.3 Å². The Balaban J connectivity index is 3.36. The third-order valence-corrected chi connectivity index (χ3v) is 2.04. The third kappa shape index (κ3) is 9.77. The Morgan fingerprint density at radius 3 is 2.35 bits per heavy atom. The van der Waals surface area contributed by atoms with Gasteiger partial charge in [0.15, 0.2) is 0 Å². The number of carbonyl (C=O) groups is 2. The molecular formula is C11H23N3O3. The van der Waals surface area contributed by atoms with E-state index < -0.39 is 0 Å². The Bertz CT molecular complexity index is 232. The fourth-order valence-electron chi connectivity index (χ4n) is 1.03. The minimum absolute atomic E-state index is 0.00234. The molecule has 0 fully saturated rings. The van der Waals surface area contributed by atoms with E-state index in [1.54, 1.807) is 7.11 Å². The Labute approximate surface area is 102 Å². The fraction of sp³-hybridized carbons (Fsp3) is 0.818. The largest absolute Gasteiger partial charge is 0.383 e. The highest BCUT2D eigenvalue weighted by molar-refractivity contribution is 5.79. The topological polar surface area (TPSA) is 79.5 Å². The summed E-state index contributed by atoms with van der Waals surface area (Å²) in [6.07, 6.45) is 0. The number of hydrogen-bond donors (Lipinski definition) is 3. The Hall–Kier alpha value is -1.14. The molecule has 0 rings (SSSR count). The van der Waals surface area contributed by atoms with E-state index >= 15 is 0 Å². The van der Waals surface area contributed by atoms with Gasteiger partial charge in [0.25, 0.3) is 0 Å². The molecule has 2 amide bonds. The fourth-order valence-corrected chi connectivity index (χ4v) is 1.03. The summed E-state index contributed by atoms with van der Waals surface area (Å²) in [6, 6.07) is 0. The first-order valence-electron chi connectivity index (χ1n) is 5.82. The molecule has 0 aliphatic heterocycles. The minimum Gasteiger partial charge on any atom is -0.383 e. The molecule has 0 heterocycles. The minimum atomic E-state index is -0.0834. The zero-order valence-electron chi connectivity index (χ0n) is 10.8. The van der Waals surface area contributed by atoms with Crippen LogP contribution in [0.4, 0.5) is 0 Å². The maximum atomic E-state index is 11.3. The van der Waals surface area contributed by atoms with Crippen LogP contribution in [0.15, 0.2) is 0 Å². The number of amides is 2. The summed E-state index contributed by atoms with van der Waals surface area (Å²) in [4.78, 5) is 22.4. The molecule has 100 valence electrons. The number of methoxy groups -OCH3 is 1. The van der Waals surface area contributed by atoms with Crippen molar-refractivity contribution in [1.29, 1.82) is 0 Å². The van der Waals surface area contributed by atoms with Crippen molar-refractivity contribution in [3.63, 3.8) is 0 Å². The summed E-state index contributed by atoms with van der Waals surface area (Å²) in [5, 5.41) is 8.35. The molecule has 0 unspecified atom stereocenters. The van der Waals surface area contributed by atoms with E-state index in [2.05, 4.69) is 16.0 Å². The van der Waals surface area contributed by atoms with Crippen molar-refractivity contribution in [3.8, 4) is 0 Å². The van der Waals surface area contributed by atoms with Crippen LogP contribution in [-0.4, -0.2) is 51.7 Å². The molecule has 0 aliphatic rings. The van der Waals surface area contributed by atoms with Crippen LogP contribution in [-0.2, 0) is 14.3 Å². The third-order valence-electron chi connectivity index (χ3n) is 2.04. The van der Waals surface area contributed by atoms with Gasteiger partial charge in [-0.25, -0.2) is 0 Å². The Kier molecular flexibility index (Phi) is 9.37. The van der Waals surface area contributed by atoms with Gasteiger partial charge in [-0.2, -0.15) is 0 Å². The van der Waals surface area contributed by atoms with Crippen molar-refractivity contribution in [2.75, 3.05) is 39.9 Å². The molecule has 0 aromatic carbocycles. The highest BCUT2D eigenvalue weighted by atomic mass is 16.5. The Morgan fingerprint density at radius 2 is 1.76 bits per heavy atom. The lowest BCUT2D eigenvalue weighted by atomic mass is 10.2. The average Bonchev–Trinajstić information content (AvgIpc) is 2.29. The van der Waals surface area contributed by atoms with Gasteiger partial charge in [0.1, 0.15) is 0 Å². The van der Waals surface area contributed by atoms with Gasteiger partial charge in [-0.05, 0) is 0 Å². The predicted octanol–water partition coefficient (Wildman–Crippen LogP) is -0.889. The van der Waals surface area contributed by atoms with Gasteiger partial charge in [0.05, 0.1) is 13.2 Å². The van der Waals surface area contributed by atoms with Crippen molar-refractivity contribution in [2.24, 2.45) is 5.92 Å². The predicted molar refractivity (Wildman–Crippen MR) is 65.6 cm³/mol. The summed E-state index contributed by atoms with van der Waals surface area (Å²) >= 11 is 0. The summed E-state index contributed by atoms with van der Waals surface area (Å²) in [6.45, 7) is 6.05. The Morgan fingerprint density at radius 1 is 1.12 bits per heavy atom.